The van der Waals surface area contributed by atoms with Crippen LogP contribution in [0.3, 0.4) is 0 Å². The molecule has 1 atom stereocenters. The minimum absolute atomic E-state index is 0.325. The summed E-state index contributed by atoms with van der Waals surface area (Å²) in [5.41, 5.74) is 0.596. The molecule has 1 rings (SSSR count). The Hall–Kier alpha value is -2.08. The van der Waals surface area contributed by atoms with E-state index < -0.39 is 5.60 Å². The van der Waals surface area contributed by atoms with Gasteiger partial charge >= 0.3 is 6.09 Å². The molecule has 0 saturated heterocycles. The van der Waals surface area contributed by atoms with Gasteiger partial charge in [0, 0.05) is 6.54 Å². The van der Waals surface area contributed by atoms with Crippen molar-refractivity contribution in [1.29, 1.82) is 0 Å². The van der Waals surface area contributed by atoms with Crippen molar-refractivity contribution < 1.29 is 19.1 Å². The zero-order valence-corrected chi connectivity index (χ0v) is 16.7. The number of hydrogen-bond donors (Lipinski definition) is 2. The fourth-order valence-corrected chi connectivity index (χ4v) is 2.11. The maximum absolute atomic E-state index is 11.3. The molecule has 0 fully saturated rings. The molecule has 1 aromatic carbocycles. The largest absolute Gasteiger partial charge is 0.463 e. The summed E-state index contributed by atoms with van der Waals surface area (Å²) in [6.07, 6.45) is 1.77. The summed E-state index contributed by atoms with van der Waals surface area (Å²) < 4.78 is 9.67. The third-order valence-corrected chi connectivity index (χ3v) is 3.26. The smallest absolute Gasteiger partial charge is 0.407 e. The van der Waals surface area contributed by atoms with Crippen LogP contribution in [0.25, 0.3) is 0 Å². The first-order chi connectivity index (χ1) is 12.3. The number of alkyl carbamates (subject to hydrolysis) is 1. The maximum atomic E-state index is 11.3. The maximum Gasteiger partial charge on any atom is 0.407 e. The molecule has 1 aromatic rings. The van der Waals surface area contributed by atoms with E-state index in [1.54, 1.807) is 0 Å². The molecule has 0 aliphatic heterocycles. The van der Waals surface area contributed by atoms with Crippen molar-refractivity contribution in [3.05, 3.63) is 35.9 Å². The van der Waals surface area contributed by atoms with Gasteiger partial charge in [-0.1, -0.05) is 37.3 Å². The lowest BCUT2D eigenvalue weighted by Gasteiger charge is -2.19. The van der Waals surface area contributed by atoms with Crippen LogP contribution in [0.15, 0.2) is 30.3 Å². The van der Waals surface area contributed by atoms with E-state index in [4.69, 9.17) is 4.74 Å². The molecule has 0 spiro atoms. The van der Waals surface area contributed by atoms with Crippen LogP contribution in [0.2, 0.25) is 0 Å². The van der Waals surface area contributed by atoms with Gasteiger partial charge in [-0.3, -0.25) is 4.79 Å². The standard InChI is InChI=1S/C12H26N2O2.C8H8O2/c1-10(9-13-5)7-6-8-14-11(15)16-12(2,3)4;9-7-10-6-8-4-2-1-3-5-8/h10,13H,6-9H2,1-5H3,(H,14,15);1-5,7H,6H2. The first kappa shape index (κ1) is 23.9. The van der Waals surface area contributed by atoms with E-state index in [1.165, 1.54) is 0 Å². The Kier molecular flexibility index (Phi) is 13.0. The second-order valence-electron chi connectivity index (χ2n) is 7.13. The summed E-state index contributed by atoms with van der Waals surface area (Å²) >= 11 is 0. The first-order valence-corrected chi connectivity index (χ1v) is 8.99. The van der Waals surface area contributed by atoms with Crippen LogP contribution in [0.5, 0.6) is 0 Å². The fourth-order valence-electron chi connectivity index (χ4n) is 2.11. The quantitative estimate of drug-likeness (QED) is 0.517. The Balaban J connectivity index is 0.000000531. The average molecular weight is 367 g/mol. The molecule has 0 heterocycles. The second-order valence-corrected chi connectivity index (χ2v) is 7.13. The van der Waals surface area contributed by atoms with Crippen LogP contribution in [0.4, 0.5) is 4.79 Å². The molecule has 148 valence electrons. The van der Waals surface area contributed by atoms with Crippen molar-refractivity contribution in [2.24, 2.45) is 5.92 Å². The molecule has 0 aliphatic carbocycles. The van der Waals surface area contributed by atoms with Crippen molar-refractivity contribution in [2.75, 3.05) is 20.1 Å². The predicted octanol–water partition coefficient (Wildman–Crippen LogP) is 3.51. The lowest BCUT2D eigenvalue weighted by molar-refractivity contribution is -0.129. The molecule has 1 unspecified atom stereocenters. The molecular weight excluding hydrogens is 332 g/mol. The van der Waals surface area contributed by atoms with Crippen LogP contribution < -0.4 is 10.6 Å². The summed E-state index contributed by atoms with van der Waals surface area (Å²) in [6.45, 7) is 10.3. The van der Waals surface area contributed by atoms with Crippen molar-refractivity contribution in [2.45, 2.75) is 52.7 Å². The van der Waals surface area contributed by atoms with Gasteiger partial charge < -0.3 is 20.1 Å². The molecule has 0 radical (unpaired) electrons. The lowest BCUT2D eigenvalue weighted by Crippen LogP contribution is -2.33. The number of nitrogens with one attached hydrogen (secondary N) is 2. The Labute approximate surface area is 157 Å². The lowest BCUT2D eigenvalue weighted by atomic mass is 10.1. The molecule has 6 heteroatoms. The highest BCUT2D eigenvalue weighted by atomic mass is 16.6. The van der Waals surface area contributed by atoms with E-state index in [-0.39, 0.29) is 6.09 Å². The summed E-state index contributed by atoms with van der Waals surface area (Å²) in [4.78, 5) is 21.0. The molecule has 6 nitrogen and oxygen atoms in total. The minimum Gasteiger partial charge on any atom is -0.463 e. The van der Waals surface area contributed by atoms with E-state index in [2.05, 4.69) is 22.3 Å². The normalized spacial score (nSPS) is 11.6. The molecule has 0 bridgehead atoms. The Morgan fingerprint density at radius 1 is 1.23 bits per heavy atom. The number of benzene rings is 1. The van der Waals surface area contributed by atoms with Crippen molar-refractivity contribution in [3.8, 4) is 0 Å². The molecule has 0 aliphatic rings. The topological polar surface area (TPSA) is 76.7 Å². The number of carbonyl (C=O) groups excluding carboxylic acids is 2. The van der Waals surface area contributed by atoms with Crippen LogP contribution in [-0.2, 0) is 20.9 Å². The number of amides is 1. The van der Waals surface area contributed by atoms with Gasteiger partial charge in [0.25, 0.3) is 6.47 Å². The number of rotatable bonds is 9. The van der Waals surface area contributed by atoms with Crippen LogP contribution in [-0.4, -0.2) is 38.3 Å². The van der Waals surface area contributed by atoms with E-state index in [0.717, 1.165) is 24.9 Å². The second kappa shape index (κ2) is 14.1. The molecular formula is C20H34N2O4. The zero-order valence-electron chi connectivity index (χ0n) is 16.7. The SMILES string of the molecule is CNCC(C)CCCNC(=O)OC(C)(C)C.O=COCc1ccccc1. The fraction of sp³-hybridized carbons (Fsp3) is 0.600. The van der Waals surface area contributed by atoms with E-state index in [1.807, 2.05) is 58.2 Å². The third-order valence-electron chi connectivity index (χ3n) is 3.26. The van der Waals surface area contributed by atoms with Gasteiger partial charge in [-0.25, -0.2) is 4.79 Å². The van der Waals surface area contributed by atoms with Crippen molar-refractivity contribution in [1.82, 2.24) is 10.6 Å². The van der Waals surface area contributed by atoms with Gasteiger partial charge in [0.05, 0.1) is 0 Å². The van der Waals surface area contributed by atoms with Gasteiger partial charge in [0.15, 0.2) is 0 Å². The first-order valence-electron chi connectivity index (χ1n) is 8.99. The third kappa shape index (κ3) is 15.4. The molecule has 0 aromatic heterocycles. The predicted molar refractivity (Wildman–Crippen MR) is 104 cm³/mol. The minimum atomic E-state index is -0.413. The summed E-state index contributed by atoms with van der Waals surface area (Å²) in [6, 6.07) is 9.55. The van der Waals surface area contributed by atoms with Gasteiger partial charge in [-0.15, -0.1) is 0 Å². The average Bonchev–Trinajstić information content (AvgIpc) is 2.57. The van der Waals surface area contributed by atoms with E-state index in [9.17, 15) is 9.59 Å². The number of ether oxygens (including phenoxy) is 2. The van der Waals surface area contributed by atoms with Crippen LogP contribution in [0, 0.1) is 5.92 Å². The number of hydrogen-bond acceptors (Lipinski definition) is 5. The van der Waals surface area contributed by atoms with Crippen molar-refractivity contribution in [3.63, 3.8) is 0 Å². The van der Waals surface area contributed by atoms with Crippen LogP contribution >= 0.6 is 0 Å². The molecule has 1 amide bonds. The van der Waals surface area contributed by atoms with Gasteiger partial charge in [-0.05, 0) is 58.7 Å². The highest BCUT2D eigenvalue weighted by molar-refractivity contribution is 5.67. The van der Waals surface area contributed by atoms with E-state index in [0.29, 0.717) is 25.5 Å². The Bertz CT molecular complexity index is 486. The van der Waals surface area contributed by atoms with Gasteiger partial charge in [0.2, 0.25) is 0 Å². The molecule has 0 saturated carbocycles. The summed E-state index contributed by atoms with van der Waals surface area (Å²) in [5, 5.41) is 5.89. The Morgan fingerprint density at radius 2 is 1.88 bits per heavy atom. The van der Waals surface area contributed by atoms with E-state index >= 15 is 0 Å². The molecule has 2 N–H and O–H groups in total. The summed E-state index contributed by atoms with van der Waals surface area (Å²) in [5.74, 6) is 0.644. The van der Waals surface area contributed by atoms with Gasteiger partial charge in [0.1, 0.15) is 12.2 Å². The zero-order chi connectivity index (χ0) is 19.8. The Morgan fingerprint density at radius 3 is 2.42 bits per heavy atom. The monoisotopic (exact) mass is 366 g/mol. The summed E-state index contributed by atoms with van der Waals surface area (Å²) in [7, 11) is 1.95. The number of carbonyl (C=O) groups is 2. The highest BCUT2D eigenvalue weighted by Gasteiger charge is 2.15. The molecule has 26 heavy (non-hydrogen) atoms. The van der Waals surface area contributed by atoms with Crippen LogP contribution in [0.1, 0.15) is 46.1 Å². The van der Waals surface area contributed by atoms with Gasteiger partial charge in [-0.2, -0.15) is 0 Å². The highest BCUT2D eigenvalue weighted by Crippen LogP contribution is 2.07. The van der Waals surface area contributed by atoms with Crippen molar-refractivity contribution >= 4 is 12.6 Å².